The summed E-state index contributed by atoms with van der Waals surface area (Å²) in [7, 11) is 1.49. The molecule has 5 rings (SSSR count). The lowest BCUT2D eigenvalue weighted by Gasteiger charge is -2.21. The zero-order chi connectivity index (χ0) is 24.4. The van der Waals surface area contributed by atoms with E-state index in [2.05, 4.69) is 15.3 Å². The summed E-state index contributed by atoms with van der Waals surface area (Å²) >= 11 is 0. The van der Waals surface area contributed by atoms with E-state index in [1.807, 2.05) is 0 Å². The highest BCUT2D eigenvalue weighted by atomic mass is 19.1. The number of anilines is 1. The molecule has 11 heteroatoms. The molecule has 0 bridgehead atoms. The number of nitrogens with zero attached hydrogens (tertiary/aromatic N) is 3. The summed E-state index contributed by atoms with van der Waals surface area (Å²) in [5, 5.41) is 13.7. The van der Waals surface area contributed by atoms with Crippen molar-refractivity contribution >= 4 is 22.8 Å². The number of pyridine rings is 2. The number of hydrogen-bond donors (Lipinski definition) is 2. The molecule has 0 saturated carbocycles. The van der Waals surface area contributed by atoms with Gasteiger partial charge < -0.3 is 29.4 Å². The summed E-state index contributed by atoms with van der Waals surface area (Å²) < 4.78 is 36.1. The van der Waals surface area contributed by atoms with Gasteiger partial charge in [0.1, 0.15) is 30.7 Å². The van der Waals surface area contributed by atoms with Gasteiger partial charge in [0.25, 0.3) is 0 Å². The summed E-state index contributed by atoms with van der Waals surface area (Å²) in [4.78, 5) is 22.3. The lowest BCUT2D eigenvalue weighted by molar-refractivity contribution is 0.0282. The molecule has 2 aromatic heterocycles. The van der Waals surface area contributed by atoms with E-state index in [1.54, 1.807) is 30.3 Å². The van der Waals surface area contributed by atoms with Crippen molar-refractivity contribution in [3.05, 3.63) is 47.9 Å². The van der Waals surface area contributed by atoms with Gasteiger partial charge in [0.2, 0.25) is 5.88 Å². The van der Waals surface area contributed by atoms with Gasteiger partial charge in [-0.15, -0.1) is 0 Å². The second kappa shape index (κ2) is 9.88. The molecule has 2 N–H and O–H groups in total. The van der Waals surface area contributed by atoms with Gasteiger partial charge in [0, 0.05) is 24.2 Å². The Hall–Kier alpha value is -3.70. The number of halogens is 1. The van der Waals surface area contributed by atoms with Crippen LogP contribution in [0.2, 0.25) is 0 Å². The Morgan fingerprint density at radius 3 is 2.91 bits per heavy atom. The molecule has 1 fully saturated rings. The Bertz CT molecular complexity index is 1240. The number of ether oxygens (including phenoxy) is 4. The SMILES string of the molecule is COc1ccc2ncc(F)c(CNCC[C@H](O)[C@H]3CN(c4ccc5c(c4)OCCO5)C(=O)O3)c2n1. The number of carbonyl (C=O) groups excluding carboxylic acids is 1. The zero-order valence-electron chi connectivity index (χ0n) is 19.1. The molecule has 0 spiro atoms. The molecule has 1 saturated heterocycles. The maximum absolute atomic E-state index is 14.4. The van der Waals surface area contributed by atoms with Crippen LogP contribution in [0.5, 0.6) is 17.4 Å². The van der Waals surface area contributed by atoms with Gasteiger partial charge in [-0.2, -0.15) is 0 Å². The molecule has 1 aromatic carbocycles. The number of aliphatic hydroxyl groups excluding tert-OH is 1. The predicted octanol–water partition coefficient (Wildman–Crippen LogP) is 2.41. The second-order valence-corrected chi connectivity index (χ2v) is 8.20. The number of cyclic esters (lactones) is 1. The Morgan fingerprint density at radius 2 is 2.09 bits per heavy atom. The number of methoxy groups -OCH3 is 1. The molecular weight excluding hydrogens is 459 g/mol. The summed E-state index contributed by atoms with van der Waals surface area (Å²) in [6.07, 6.45) is -0.668. The highest BCUT2D eigenvalue weighted by Crippen LogP contribution is 2.35. The zero-order valence-corrected chi connectivity index (χ0v) is 19.1. The van der Waals surface area contributed by atoms with Crippen LogP contribution < -0.4 is 24.4 Å². The fourth-order valence-corrected chi connectivity index (χ4v) is 4.10. The van der Waals surface area contributed by atoms with Crippen LogP contribution in [0.1, 0.15) is 12.0 Å². The summed E-state index contributed by atoms with van der Waals surface area (Å²) in [5.74, 6) is 1.08. The molecule has 1 amide bonds. The third-order valence-corrected chi connectivity index (χ3v) is 5.97. The van der Waals surface area contributed by atoms with Crippen molar-refractivity contribution in [3.63, 3.8) is 0 Å². The average Bonchev–Trinajstić information content (AvgIpc) is 3.28. The molecule has 35 heavy (non-hydrogen) atoms. The molecule has 0 unspecified atom stereocenters. The standard InChI is InChI=1S/C24H25FN4O6/c1-32-22-5-3-17-23(28-22)15(16(25)12-27-17)11-26-7-6-18(30)21-13-29(24(31)35-21)14-2-4-19-20(10-14)34-9-8-33-19/h2-5,10,12,18,21,26,30H,6-9,11,13H2,1H3/t18-,21+/m0/s1. The van der Waals surface area contributed by atoms with E-state index in [0.29, 0.717) is 65.8 Å². The Morgan fingerprint density at radius 1 is 1.26 bits per heavy atom. The fraction of sp³-hybridized carbons (Fsp3) is 0.375. The highest BCUT2D eigenvalue weighted by Gasteiger charge is 2.37. The van der Waals surface area contributed by atoms with Gasteiger partial charge >= 0.3 is 6.09 Å². The molecule has 0 radical (unpaired) electrons. The van der Waals surface area contributed by atoms with Gasteiger partial charge in [-0.25, -0.2) is 14.2 Å². The number of amides is 1. The highest BCUT2D eigenvalue weighted by molar-refractivity contribution is 5.90. The quantitative estimate of drug-likeness (QED) is 0.465. The molecule has 2 aliphatic heterocycles. The normalized spacial score (nSPS) is 18.0. The molecule has 3 aromatic rings. The second-order valence-electron chi connectivity index (χ2n) is 8.20. The lowest BCUT2D eigenvalue weighted by Crippen LogP contribution is -2.33. The largest absolute Gasteiger partial charge is 0.486 e. The van der Waals surface area contributed by atoms with Crippen molar-refractivity contribution in [2.45, 2.75) is 25.2 Å². The van der Waals surface area contributed by atoms with E-state index in [9.17, 15) is 14.3 Å². The first-order chi connectivity index (χ1) is 17.0. The Balaban J connectivity index is 1.17. The maximum atomic E-state index is 14.4. The van der Waals surface area contributed by atoms with Crippen molar-refractivity contribution in [2.75, 3.05) is 38.3 Å². The molecule has 4 heterocycles. The number of benzene rings is 1. The van der Waals surface area contributed by atoms with Crippen LogP contribution in [0.4, 0.5) is 14.9 Å². The Kier molecular flexibility index (Phi) is 6.51. The first-order valence-electron chi connectivity index (χ1n) is 11.3. The topological polar surface area (TPSA) is 115 Å². The number of carbonyl (C=O) groups is 1. The fourth-order valence-electron chi connectivity index (χ4n) is 4.10. The van der Waals surface area contributed by atoms with Crippen LogP contribution in [0.15, 0.2) is 36.5 Å². The number of nitrogens with one attached hydrogen (secondary N) is 1. The maximum Gasteiger partial charge on any atom is 0.414 e. The van der Waals surface area contributed by atoms with E-state index < -0.39 is 24.1 Å². The minimum atomic E-state index is -0.897. The van der Waals surface area contributed by atoms with Gasteiger partial charge in [-0.05, 0) is 31.2 Å². The summed E-state index contributed by atoms with van der Waals surface area (Å²) in [5.41, 5.74) is 1.94. The summed E-state index contributed by atoms with van der Waals surface area (Å²) in [6, 6.07) is 8.61. The van der Waals surface area contributed by atoms with Crippen molar-refractivity contribution in [1.29, 1.82) is 0 Å². The van der Waals surface area contributed by atoms with Crippen molar-refractivity contribution < 1.29 is 33.2 Å². The molecule has 2 atom stereocenters. The third-order valence-electron chi connectivity index (χ3n) is 5.97. The van der Waals surface area contributed by atoms with E-state index >= 15 is 0 Å². The van der Waals surface area contributed by atoms with Crippen molar-refractivity contribution in [2.24, 2.45) is 0 Å². The van der Waals surface area contributed by atoms with Crippen LogP contribution in [-0.4, -0.2) is 66.8 Å². The van der Waals surface area contributed by atoms with E-state index in [0.717, 1.165) is 6.20 Å². The predicted molar refractivity (Wildman–Crippen MR) is 123 cm³/mol. The molecule has 10 nitrogen and oxygen atoms in total. The van der Waals surface area contributed by atoms with Gasteiger partial charge in [0.05, 0.1) is 37.2 Å². The lowest BCUT2D eigenvalue weighted by atomic mass is 10.1. The first-order valence-corrected chi connectivity index (χ1v) is 11.3. The third kappa shape index (κ3) is 4.77. The molecule has 0 aliphatic carbocycles. The van der Waals surface area contributed by atoms with Crippen molar-refractivity contribution in [1.82, 2.24) is 15.3 Å². The number of aliphatic hydroxyl groups is 1. The van der Waals surface area contributed by atoms with Gasteiger partial charge in [-0.3, -0.25) is 9.88 Å². The number of rotatable bonds is 8. The first kappa shape index (κ1) is 23.1. The number of hydrogen-bond acceptors (Lipinski definition) is 9. The molecular formula is C24H25FN4O6. The number of aromatic nitrogens is 2. The van der Waals surface area contributed by atoms with Gasteiger partial charge in [-0.1, -0.05) is 0 Å². The van der Waals surface area contributed by atoms with E-state index in [1.165, 1.54) is 12.0 Å². The smallest absolute Gasteiger partial charge is 0.414 e. The Labute approximate surface area is 200 Å². The molecule has 2 aliphatic rings. The van der Waals surface area contributed by atoms with E-state index in [4.69, 9.17) is 18.9 Å². The van der Waals surface area contributed by atoms with Gasteiger partial charge in [0.15, 0.2) is 11.5 Å². The number of fused-ring (bicyclic) bond motifs is 2. The minimum Gasteiger partial charge on any atom is -0.486 e. The summed E-state index contributed by atoms with van der Waals surface area (Å²) in [6.45, 7) is 1.68. The van der Waals surface area contributed by atoms with Crippen molar-refractivity contribution in [3.8, 4) is 17.4 Å². The van der Waals surface area contributed by atoms with Crippen LogP contribution in [0, 0.1) is 5.82 Å². The average molecular weight is 484 g/mol. The van der Waals surface area contributed by atoms with Crippen LogP contribution >= 0.6 is 0 Å². The monoisotopic (exact) mass is 484 g/mol. The van der Waals surface area contributed by atoms with Crippen LogP contribution in [0.3, 0.4) is 0 Å². The molecule has 184 valence electrons. The van der Waals surface area contributed by atoms with Crippen LogP contribution in [0.25, 0.3) is 11.0 Å². The minimum absolute atomic E-state index is 0.186. The van der Waals surface area contributed by atoms with Crippen LogP contribution in [-0.2, 0) is 11.3 Å². The van der Waals surface area contributed by atoms with E-state index in [-0.39, 0.29) is 13.1 Å².